The van der Waals surface area contributed by atoms with E-state index in [-0.39, 0.29) is 0 Å². The van der Waals surface area contributed by atoms with Crippen LogP contribution in [0.5, 0.6) is 0 Å². The van der Waals surface area contributed by atoms with Crippen LogP contribution in [0.15, 0.2) is 45.5 Å². The van der Waals surface area contributed by atoms with E-state index in [0.29, 0.717) is 0 Å². The first kappa shape index (κ1) is 15.5. The van der Waals surface area contributed by atoms with Gasteiger partial charge in [-0.3, -0.25) is 0 Å². The molecule has 0 fully saturated rings. The summed E-state index contributed by atoms with van der Waals surface area (Å²) >= 11 is 6.98. The molecular formula is C15H17Br2N3. The molecule has 0 aliphatic rings. The molecule has 1 aromatic heterocycles. The van der Waals surface area contributed by atoms with Gasteiger partial charge in [0.05, 0.1) is 0 Å². The minimum atomic E-state index is 0.796. The normalized spacial score (nSPS) is 10.6. The molecule has 106 valence electrons. The molecule has 5 heteroatoms. The highest BCUT2D eigenvalue weighted by Gasteiger charge is 2.10. The molecule has 3 nitrogen and oxygen atoms in total. The molecule has 1 N–H and O–H groups in total. The molecular weight excluding hydrogens is 382 g/mol. The van der Waals surface area contributed by atoms with Gasteiger partial charge in [-0.05, 0) is 46.7 Å². The molecule has 0 unspecified atom stereocenters. The van der Waals surface area contributed by atoms with Crippen LogP contribution in [0.2, 0.25) is 0 Å². The highest BCUT2D eigenvalue weighted by Crippen LogP contribution is 2.22. The van der Waals surface area contributed by atoms with Gasteiger partial charge < -0.3 is 10.2 Å². The SMILES string of the molecule is CNCc1cc(Br)cnc1N(C)Cc1cccc(Br)c1. The maximum atomic E-state index is 4.54. The van der Waals surface area contributed by atoms with Gasteiger partial charge >= 0.3 is 0 Å². The van der Waals surface area contributed by atoms with Gasteiger partial charge in [-0.15, -0.1) is 0 Å². The van der Waals surface area contributed by atoms with E-state index in [2.05, 4.69) is 78.4 Å². The van der Waals surface area contributed by atoms with Gasteiger partial charge in [0.15, 0.2) is 0 Å². The second-order valence-electron chi connectivity index (χ2n) is 4.65. The summed E-state index contributed by atoms with van der Waals surface area (Å²) in [5, 5.41) is 3.18. The Kier molecular flexibility index (Phi) is 5.57. The summed E-state index contributed by atoms with van der Waals surface area (Å²) in [7, 11) is 4.01. The van der Waals surface area contributed by atoms with E-state index < -0.39 is 0 Å². The first-order valence-electron chi connectivity index (χ1n) is 6.34. The van der Waals surface area contributed by atoms with Gasteiger partial charge in [-0.25, -0.2) is 4.98 Å². The zero-order valence-corrected chi connectivity index (χ0v) is 14.7. The molecule has 0 saturated carbocycles. The molecule has 2 rings (SSSR count). The molecule has 0 amide bonds. The smallest absolute Gasteiger partial charge is 0.133 e. The summed E-state index contributed by atoms with van der Waals surface area (Å²) in [6, 6.07) is 10.5. The van der Waals surface area contributed by atoms with Crippen molar-refractivity contribution >= 4 is 37.7 Å². The minimum absolute atomic E-state index is 0.796. The predicted octanol–water partition coefficient (Wildman–Crippen LogP) is 3.96. The molecule has 0 aliphatic carbocycles. The summed E-state index contributed by atoms with van der Waals surface area (Å²) in [5.41, 5.74) is 2.43. The van der Waals surface area contributed by atoms with Gasteiger partial charge in [-0.1, -0.05) is 28.1 Å². The summed E-state index contributed by atoms with van der Waals surface area (Å²) in [4.78, 5) is 6.71. The summed E-state index contributed by atoms with van der Waals surface area (Å²) in [6.45, 7) is 1.62. The Hall–Kier alpha value is -0.910. The standard InChI is InChI=1S/C15H17Br2N3/c1-18-8-12-7-14(17)9-19-15(12)20(2)10-11-4-3-5-13(16)6-11/h3-7,9,18H,8,10H2,1-2H3. The lowest BCUT2D eigenvalue weighted by atomic mass is 10.2. The molecule has 0 saturated heterocycles. The monoisotopic (exact) mass is 397 g/mol. The number of hydrogen-bond acceptors (Lipinski definition) is 3. The van der Waals surface area contributed by atoms with E-state index in [4.69, 9.17) is 0 Å². The van der Waals surface area contributed by atoms with Crippen LogP contribution >= 0.6 is 31.9 Å². The van der Waals surface area contributed by atoms with Crippen molar-refractivity contribution in [2.24, 2.45) is 0 Å². The second-order valence-corrected chi connectivity index (χ2v) is 6.48. The number of benzene rings is 1. The summed E-state index contributed by atoms with van der Waals surface area (Å²) in [5.74, 6) is 1.00. The number of hydrogen-bond donors (Lipinski definition) is 1. The third kappa shape index (κ3) is 4.04. The second kappa shape index (κ2) is 7.20. The molecule has 2 aromatic rings. The van der Waals surface area contributed by atoms with Crippen molar-refractivity contribution in [3.63, 3.8) is 0 Å². The van der Waals surface area contributed by atoms with Crippen molar-refractivity contribution in [3.05, 3.63) is 56.6 Å². The van der Waals surface area contributed by atoms with Crippen molar-refractivity contribution in [1.29, 1.82) is 0 Å². The fourth-order valence-electron chi connectivity index (χ4n) is 2.12. The quantitative estimate of drug-likeness (QED) is 0.825. The summed E-state index contributed by atoms with van der Waals surface area (Å²) in [6.07, 6.45) is 1.84. The Morgan fingerprint density at radius 3 is 2.70 bits per heavy atom. The third-order valence-electron chi connectivity index (χ3n) is 2.95. The number of aromatic nitrogens is 1. The maximum absolute atomic E-state index is 4.54. The Balaban J connectivity index is 2.22. The van der Waals surface area contributed by atoms with E-state index in [9.17, 15) is 0 Å². The Morgan fingerprint density at radius 2 is 2.00 bits per heavy atom. The maximum Gasteiger partial charge on any atom is 0.133 e. The molecule has 0 bridgehead atoms. The van der Waals surface area contributed by atoms with Crippen LogP contribution in [0.1, 0.15) is 11.1 Å². The lowest BCUT2D eigenvalue weighted by Crippen LogP contribution is -2.21. The highest BCUT2D eigenvalue weighted by molar-refractivity contribution is 9.10. The topological polar surface area (TPSA) is 28.2 Å². The first-order chi connectivity index (χ1) is 9.60. The van der Waals surface area contributed by atoms with Crippen LogP contribution in [-0.2, 0) is 13.1 Å². The van der Waals surface area contributed by atoms with Crippen LogP contribution < -0.4 is 10.2 Å². The number of rotatable bonds is 5. The van der Waals surface area contributed by atoms with E-state index in [1.54, 1.807) is 0 Å². The predicted molar refractivity (Wildman–Crippen MR) is 90.9 cm³/mol. The third-order valence-corrected chi connectivity index (χ3v) is 3.87. The van der Waals surface area contributed by atoms with Crippen molar-refractivity contribution in [2.45, 2.75) is 13.1 Å². The molecule has 1 aromatic carbocycles. The van der Waals surface area contributed by atoms with Crippen molar-refractivity contribution in [3.8, 4) is 0 Å². The van der Waals surface area contributed by atoms with Crippen molar-refractivity contribution < 1.29 is 0 Å². The molecule has 0 atom stereocenters. The minimum Gasteiger partial charge on any atom is -0.355 e. The van der Waals surface area contributed by atoms with Crippen LogP contribution in [0.3, 0.4) is 0 Å². The zero-order valence-electron chi connectivity index (χ0n) is 11.5. The lowest BCUT2D eigenvalue weighted by Gasteiger charge is -2.21. The Morgan fingerprint density at radius 1 is 1.20 bits per heavy atom. The molecule has 0 aliphatic heterocycles. The van der Waals surface area contributed by atoms with E-state index in [1.165, 1.54) is 11.1 Å². The first-order valence-corrected chi connectivity index (χ1v) is 7.93. The van der Waals surface area contributed by atoms with Crippen LogP contribution in [0, 0.1) is 0 Å². The number of anilines is 1. The lowest BCUT2D eigenvalue weighted by molar-refractivity contribution is 0.794. The van der Waals surface area contributed by atoms with E-state index >= 15 is 0 Å². The molecule has 1 heterocycles. The largest absolute Gasteiger partial charge is 0.355 e. The van der Waals surface area contributed by atoms with Gasteiger partial charge in [0, 0.05) is 40.8 Å². The number of nitrogens with zero attached hydrogens (tertiary/aromatic N) is 2. The highest BCUT2D eigenvalue weighted by atomic mass is 79.9. The van der Waals surface area contributed by atoms with Gasteiger partial charge in [0.25, 0.3) is 0 Å². The fraction of sp³-hybridized carbons (Fsp3) is 0.267. The average Bonchev–Trinajstić information content (AvgIpc) is 2.39. The number of halogens is 2. The van der Waals surface area contributed by atoms with Crippen LogP contribution in [0.25, 0.3) is 0 Å². The molecule has 0 spiro atoms. The van der Waals surface area contributed by atoms with Crippen molar-refractivity contribution in [1.82, 2.24) is 10.3 Å². The van der Waals surface area contributed by atoms with E-state index in [1.807, 2.05) is 19.3 Å². The summed E-state index contributed by atoms with van der Waals surface area (Å²) < 4.78 is 2.10. The zero-order chi connectivity index (χ0) is 14.5. The van der Waals surface area contributed by atoms with Gasteiger partial charge in [0.1, 0.15) is 5.82 Å². The Labute approximate surface area is 136 Å². The van der Waals surface area contributed by atoms with Crippen molar-refractivity contribution in [2.75, 3.05) is 19.0 Å². The average molecular weight is 399 g/mol. The fourth-order valence-corrected chi connectivity index (χ4v) is 2.95. The van der Waals surface area contributed by atoms with Crippen LogP contribution in [0.4, 0.5) is 5.82 Å². The van der Waals surface area contributed by atoms with Gasteiger partial charge in [0.2, 0.25) is 0 Å². The number of pyridine rings is 1. The number of nitrogens with one attached hydrogen (secondary N) is 1. The molecule has 0 radical (unpaired) electrons. The molecule has 20 heavy (non-hydrogen) atoms. The Bertz CT molecular complexity index is 587. The van der Waals surface area contributed by atoms with E-state index in [0.717, 1.165) is 27.9 Å². The van der Waals surface area contributed by atoms with Crippen LogP contribution in [-0.4, -0.2) is 19.1 Å². The van der Waals surface area contributed by atoms with Gasteiger partial charge in [-0.2, -0.15) is 0 Å².